The van der Waals surface area contributed by atoms with Gasteiger partial charge in [-0.15, -0.1) is 0 Å². The van der Waals surface area contributed by atoms with Gasteiger partial charge in [0.15, 0.2) is 5.17 Å². The molecular weight excluding hydrogens is 346 g/mol. The summed E-state index contributed by atoms with van der Waals surface area (Å²) in [5, 5.41) is 18.7. The fourth-order valence-electron chi connectivity index (χ4n) is 2.94. The van der Waals surface area contributed by atoms with Crippen molar-refractivity contribution in [2.24, 2.45) is 10.1 Å². The lowest BCUT2D eigenvalue weighted by molar-refractivity contribution is -0.113. The number of amides is 1. The summed E-state index contributed by atoms with van der Waals surface area (Å²) in [6, 6.07) is 17.0. The molecule has 2 aromatic rings. The van der Waals surface area contributed by atoms with Gasteiger partial charge in [-0.3, -0.25) is 4.79 Å². The van der Waals surface area contributed by atoms with Crippen molar-refractivity contribution in [1.82, 2.24) is 5.01 Å². The standard InChI is InChI=1S/C19H15N5OS/c20-11-13-5-7-14(8-6-13)22-18(25)12-26-19-23-16-4-2-1-3-15(16)17-9-10-21-24(17)19/h1-8,10,17H,9,12H2,(H,22,25). The topological polar surface area (TPSA) is 80.8 Å². The van der Waals surface area contributed by atoms with E-state index in [9.17, 15) is 4.79 Å². The number of nitrogens with zero attached hydrogens (tertiary/aromatic N) is 4. The zero-order chi connectivity index (χ0) is 17.9. The second-order valence-electron chi connectivity index (χ2n) is 5.87. The SMILES string of the molecule is N#Cc1ccc(NC(=O)CSC2=Nc3ccccc3C3CC=NN23)cc1. The van der Waals surface area contributed by atoms with Gasteiger partial charge in [0.1, 0.15) is 0 Å². The highest BCUT2D eigenvalue weighted by atomic mass is 32.2. The van der Waals surface area contributed by atoms with Gasteiger partial charge in [-0.25, -0.2) is 10.0 Å². The van der Waals surface area contributed by atoms with Crippen LogP contribution in [0.4, 0.5) is 11.4 Å². The largest absolute Gasteiger partial charge is 0.325 e. The van der Waals surface area contributed by atoms with Gasteiger partial charge >= 0.3 is 0 Å². The lowest BCUT2D eigenvalue weighted by atomic mass is 10.0. The fourth-order valence-corrected chi connectivity index (χ4v) is 3.74. The molecule has 0 spiro atoms. The van der Waals surface area contributed by atoms with E-state index in [1.807, 2.05) is 29.4 Å². The molecule has 7 heteroatoms. The maximum atomic E-state index is 12.2. The van der Waals surface area contributed by atoms with Gasteiger partial charge in [0.2, 0.25) is 5.91 Å². The number of fused-ring (bicyclic) bond motifs is 3. The summed E-state index contributed by atoms with van der Waals surface area (Å²) in [7, 11) is 0. The minimum Gasteiger partial charge on any atom is -0.325 e. The van der Waals surface area contributed by atoms with Crippen molar-refractivity contribution >= 4 is 40.4 Å². The van der Waals surface area contributed by atoms with E-state index in [0.717, 1.165) is 22.8 Å². The Balaban J connectivity index is 1.43. The molecule has 1 N–H and O–H groups in total. The number of aliphatic imine (C=N–C) groups is 1. The Bertz CT molecular complexity index is 945. The molecule has 0 saturated carbocycles. The van der Waals surface area contributed by atoms with E-state index in [4.69, 9.17) is 5.26 Å². The Morgan fingerprint density at radius 3 is 2.88 bits per heavy atom. The summed E-state index contributed by atoms with van der Waals surface area (Å²) in [5.41, 5.74) is 3.33. The van der Waals surface area contributed by atoms with Crippen LogP contribution >= 0.6 is 11.8 Å². The summed E-state index contributed by atoms with van der Waals surface area (Å²) in [6.45, 7) is 0. The number of carbonyl (C=O) groups excluding carboxylic acids is 1. The van der Waals surface area contributed by atoms with E-state index in [0.29, 0.717) is 11.3 Å². The molecule has 6 nitrogen and oxygen atoms in total. The molecule has 1 unspecified atom stereocenters. The molecule has 0 saturated heterocycles. The van der Waals surface area contributed by atoms with Gasteiger partial charge in [-0.2, -0.15) is 10.4 Å². The van der Waals surface area contributed by atoms with Crippen molar-refractivity contribution < 1.29 is 4.79 Å². The van der Waals surface area contributed by atoms with Crippen molar-refractivity contribution in [3.63, 3.8) is 0 Å². The second kappa shape index (κ2) is 7.02. The van der Waals surface area contributed by atoms with E-state index in [1.54, 1.807) is 24.3 Å². The molecule has 1 amide bonds. The fraction of sp³-hybridized carbons (Fsp3) is 0.158. The second-order valence-corrected chi connectivity index (χ2v) is 6.82. The lowest BCUT2D eigenvalue weighted by Crippen LogP contribution is -2.29. The van der Waals surface area contributed by atoms with Crippen molar-refractivity contribution in [3.05, 3.63) is 59.7 Å². The van der Waals surface area contributed by atoms with Gasteiger partial charge in [-0.05, 0) is 30.3 Å². The Morgan fingerprint density at radius 2 is 2.08 bits per heavy atom. The van der Waals surface area contributed by atoms with E-state index in [2.05, 4.69) is 27.5 Å². The van der Waals surface area contributed by atoms with E-state index < -0.39 is 0 Å². The lowest BCUT2D eigenvalue weighted by Gasteiger charge is -2.29. The third kappa shape index (κ3) is 3.19. The predicted molar refractivity (Wildman–Crippen MR) is 103 cm³/mol. The number of hydrogen-bond donors (Lipinski definition) is 1. The first-order valence-corrected chi connectivity index (χ1v) is 9.15. The monoisotopic (exact) mass is 361 g/mol. The molecular formula is C19H15N5OS. The maximum Gasteiger partial charge on any atom is 0.234 e. The number of hydrogen-bond acceptors (Lipinski definition) is 6. The molecule has 2 heterocycles. The van der Waals surface area contributed by atoms with Crippen molar-refractivity contribution in [2.45, 2.75) is 12.5 Å². The molecule has 0 aromatic heterocycles. The first kappa shape index (κ1) is 16.4. The Kier molecular flexibility index (Phi) is 4.42. The molecule has 128 valence electrons. The van der Waals surface area contributed by atoms with Crippen LogP contribution < -0.4 is 5.32 Å². The van der Waals surface area contributed by atoms with Gasteiger partial charge in [0, 0.05) is 23.9 Å². The normalized spacial score (nSPS) is 17.1. The molecule has 2 aliphatic rings. The predicted octanol–water partition coefficient (Wildman–Crippen LogP) is 3.66. The number of para-hydroxylation sites is 1. The number of nitrogens with one attached hydrogen (secondary N) is 1. The van der Waals surface area contributed by atoms with E-state index in [-0.39, 0.29) is 17.7 Å². The zero-order valence-corrected chi connectivity index (χ0v) is 14.6. The molecule has 0 fully saturated rings. The number of carbonyl (C=O) groups is 1. The molecule has 0 aliphatic carbocycles. The number of anilines is 1. The highest BCUT2D eigenvalue weighted by Gasteiger charge is 2.32. The summed E-state index contributed by atoms with van der Waals surface area (Å²) in [5.74, 6) is 0.112. The van der Waals surface area contributed by atoms with Crippen LogP contribution in [0.2, 0.25) is 0 Å². The van der Waals surface area contributed by atoms with Crippen LogP contribution in [0, 0.1) is 11.3 Å². The van der Waals surface area contributed by atoms with Gasteiger partial charge < -0.3 is 5.32 Å². The van der Waals surface area contributed by atoms with Crippen LogP contribution in [0.3, 0.4) is 0 Å². The van der Waals surface area contributed by atoms with Gasteiger partial charge in [-0.1, -0.05) is 30.0 Å². The number of benzene rings is 2. The van der Waals surface area contributed by atoms with Crippen molar-refractivity contribution in [1.29, 1.82) is 5.26 Å². The summed E-state index contributed by atoms with van der Waals surface area (Å²) >= 11 is 1.37. The molecule has 2 aliphatic heterocycles. The Morgan fingerprint density at radius 1 is 1.27 bits per heavy atom. The quantitative estimate of drug-likeness (QED) is 0.904. The van der Waals surface area contributed by atoms with Crippen LogP contribution in [0.15, 0.2) is 58.6 Å². The number of thioether (sulfide) groups is 1. The van der Waals surface area contributed by atoms with Crippen molar-refractivity contribution in [2.75, 3.05) is 11.1 Å². The summed E-state index contributed by atoms with van der Waals surface area (Å²) in [6.07, 6.45) is 2.73. The number of amidine groups is 1. The van der Waals surface area contributed by atoms with E-state index in [1.165, 1.54) is 11.8 Å². The smallest absolute Gasteiger partial charge is 0.234 e. The Labute approximate surface area is 155 Å². The van der Waals surface area contributed by atoms with Gasteiger partial charge in [0.25, 0.3) is 0 Å². The summed E-state index contributed by atoms with van der Waals surface area (Å²) in [4.78, 5) is 16.9. The number of hydrazone groups is 1. The average Bonchev–Trinajstić information content (AvgIpc) is 3.17. The molecule has 26 heavy (non-hydrogen) atoms. The van der Waals surface area contributed by atoms with Crippen molar-refractivity contribution in [3.8, 4) is 6.07 Å². The number of rotatable bonds is 3. The van der Waals surface area contributed by atoms with Crippen LogP contribution in [-0.2, 0) is 4.79 Å². The average molecular weight is 361 g/mol. The molecule has 2 aromatic carbocycles. The third-order valence-electron chi connectivity index (χ3n) is 4.17. The first-order valence-electron chi connectivity index (χ1n) is 8.17. The molecule has 4 rings (SSSR count). The molecule has 0 radical (unpaired) electrons. The first-order chi connectivity index (χ1) is 12.7. The summed E-state index contributed by atoms with van der Waals surface area (Å²) < 4.78 is 0. The highest BCUT2D eigenvalue weighted by Crippen LogP contribution is 2.40. The van der Waals surface area contributed by atoms with E-state index >= 15 is 0 Å². The Hall–Kier alpha value is -3.11. The van der Waals surface area contributed by atoms with Crippen LogP contribution in [0.1, 0.15) is 23.6 Å². The van der Waals surface area contributed by atoms with Crippen LogP contribution in [-0.4, -0.2) is 28.1 Å². The number of nitriles is 1. The van der Waals surface area contributed by atoms with Gasteiger partial charge in [0.05, 0.1) is 29.1 Å². The molecule has 0 bridgehead atoms. The maximum absolute atomic E-state index is 12.2. The minimum absolute atomic E-state index is 0.124. The molecule has 1 atom stereocenters. The minimum atomic E-state index is -0.124. The third-order valence-corrected chi connectivity index (χ3v) is 5.11. The van der Waals surface area contributed by atoms with Crippen LogP contribution in [0.5, 0.6) is 0 Å². The van der Waals surface area contributed by atoms with Crippen LogP contribution in [0.25, 0.3) is 0 Å². The highest BCUT2D eigenvalue weighted by molar-refractivity contribution is 8.14. The zero-order valence-electron chi connectivity index (χ0n) is 13.8.